The number of rotatable bonds is 6. The number of ether oxygens (including phenoxy) is 1. The van der Waals surface area contributed by atoms with Crippen LogP contribution in [-0.4, -0.2) is 67.5 Å². The maximum Gasteiger partial charge on any atom is 0.247 e. The van der Waals surface area contributed by atoms with Crippen molar-refractivity contribution in [3.05, 3.63) is 29.8 Å². The minimum Gasteiger partial charge on any atom is -0.487 e. The molecule has 1 amide bonds. The number of aliphatic hydroxyl groups excluding tert-OH is 1. The van der Waals surface area contributed by atoms with E-state index in [4.69, 9.17) is 4.74 Å². The van der Waals surface area contributed by atoms with Crippen LogP contribution in [0.4, 0.5) is 0 Å². The molecule has 33 heavy (non-hydrogen) atoms. The molecule has 8 heteroatoms. The summed E-state index contributed by atoms with van der Waals surface area (Å²) >= 11 is 0. The highest BCUT2D eigenvalue weighted by Crippen LogP contribution is 2.35. The first-order valence-electron chi connectivity index (χ1n) is 12.0. The zero-order chi connectivity index (χ0) is 24.2. The van der Waals surface area contributed by atoms with Crippen LogP contribution in [-0.2, 0) is 14.8 Å². The highest BCUT2D eigenvalue weighted by atomic mass is 32.2. The summed E-state index contributed by atoms with van der Waals surface area (Å²) in [6.45, 7) is 5.85. The summed E-state index contributed by atoms with van der Waals surface area (Å²) in [7, 11) is -2.05. The standard InChI is InChI=1S/C25H38N2O5S/c1-5-9-20-12-13-24-22(14-20)32-23(16-26(4)25(29)21-10-7-6-8-11-21)18(2)15-27(19(3)17-28)33(24,30)31/h5,9,12-14,18-19,21,23,28H,6-8,10-11,15-17H2,1-4H3/t18-,19+,23-/m1/s1. The van der Waals surface area contributed by atoms with Crippen LogP contribution in [0.15, 0.2) is 29.2 Å². The van der Waals surface area contributed by atoms with Gasteiger partial charge >= 0.3 is 0 Å². The summed E-state index contributed by atoms with van der Waals surface area (Å²) in [4.78, 5) is 14.9. The Kier molecular flexibility index (Phi) is 8.59. The Labute approximate surface area is 198 Å². The lowest BCUT2D eigenvalue weighted by Crippen LogP contribution is -2.50. The van der Waals surface area contributed by atoms with Crippen LogP contribution in [0.5, 0.6) is 5.75 Å². The highest BCUT2D eigenvalue weighted by Gasteiger charge is 2.38. The number of fused-ring (bicyclic) bond motifs is 1. The fourth-order valence-electron chi connectivity index (χ4n) is 4.78. The normalized spacial score (nSPS) is 25.0. The summed E-state index contributed by atoms with van der Waals surface area (Å²) < 4.78 is 34.7. The molecule has 0 spiro atoms. The van der Waals surface area contributed by atoms with E-state index in [2.05, 4.69) is 0 Å². The average Bonchev–Trinajstić information content (AvgIpc) is 2.81. The molecule has 2 aliphatic rings. The number of carbonyl (C=O) groups excluding carboxylic acids is 1. The first-order chi connectivity index (χ1) is 15.7. The van der Waals surface area contributed by atoms with Gasteiger partial charge in [-0.25, -0.2) is 8.42 Å². The Morgan fingerprint density at radius 1 is 1.30 bits per heavy atom. The van der Waals surface area contributed by atoms with Gasteiger partial charge in [0.05, 0.1) is 13.2 Å². The van der Waals surface area contributed by atoms with Crippen molar-refractivity contribution in [1.82, 2.24) is 9.21 Å². The van der Waals surface area contributed by atoms with Crippen molar-refractivity contribution >= 4 is 22.0 Å². The Morgan fingerprint density at radius 3 is 2.64 bits per heavy atom. The topological polar surface area (TPSA) is 87.2 Å². The largest absolute Gasteiger partial charge is 0.487 e. The number of benzene rings is 1. The van der Waals surface area contributed by atoms with Gasteiger partial charge in [-0.15, -0.1) is 0 Å². The molecule has 1 N–H and O–H groups in total. The molecule has 1 aromatic rings. The van der Waals surface area contributed by atoms with Crippen LogP contribution in [0.25, 0.3) is 6.08 Å². The molecule has 7 nitrogen and oxygen atoms in total. The Balaban J connectivity index is 1.95. The van der Waals surface area contributed by atoms with Crippen LogP contribution in [0.2, 0.25) is 0 Å². The molecule has 1 aromatic carbocycles. The summed E-state index contributed by atoms with van der Waals surface area (Å²) in [6, 6.07) is 4.49. The van der Waals surface area contributed by atoms with Crippen molar-refractivity contribution in [1.29, 1.82) is 0 Å². The van der Waals surface area contributed by atoms with Gasteiger partial charge in [0.1, 0.15) is 16.7 Å². The average molecular weight is 479 g/mol. The third kappa shape index (κ3) is 5.78. The van der Waals surface area contributed by atoms with E-state index in [-0.39, 0.29) is 47.6 Å². The predicted molar refractivity (Wildman–Crippen MR) is 129 cm³/mol. The van der Waals surface area contributed by atoms with Crippen LogP contribution in [0.1, 0.15) is 58.4 Å². The van der Waals surface area contributed by atoms with E-state index in [0.29, 0.717) is 6.54 Å². The molecule has 1 aliphatic carbocycles. The van der Waals surface area contributed by atoms with Crippen LogP contribution in [0.3, 0.4) is 0 Å². The van der Waals surface area contributed by atoms with Crippen LogP contribution >= 0.6 is 0 Å². The van der Waals surface area contributed by atoms with Gasteiger partial charge in [0.15, 0.2) is 0 Å². The second-order valence-corrected chi connectivity index (χ2v) is 11.4. The monoisotopic (exact) mass is 478 g/mol. The van der Waals surface area contributed by atoms with Gasteiger partial charge < -0.3 is 14.7 Å². The van der Waals surface area contributed by atoms with E-state index in [1.807, 2.05) is 33.0 Å². The molecule has 1 aliphatic heterocycles. The highest BCUT2D eigenvalue weighted by molar-refractivity contribution is 7.89. The SMILES string of the molecule is CC=Cc1ccc2c(c1)O[C@H](CN(C)C(=O)C1CCCCC1)[C@H](C)CN([C@@H](C)CO)S2(=O)=O. The second-order valence-electron chi connectivity index (χ2n) is 9.50. The van der Waals surface area contributed by atoms with Crippen molar-refractivity contribution in [2.45, 2.75) is 69.9 Å². The number of allylic oxidation sites excluding steroid dienone is 1. The summed E-state index contributed by atoms with van der Waals surface area (Å²) in [5, 5.41) is 9.76. The predicted octanol–water partition coefficient (Wildman–Crippen LogP) is 3.53. The summed E-state index contributed by atoms with van der Waals surface area (Å²) in [5.74, 6) is 0.306. The number of hydrogen-bond donors (Lipinski definition) is 1. The number of carbonyl (C=O) groups is 1. The summed E-state index contributed by atoms with van der Waals surface area (Å²) in [5.41, 5.74) is 0.840. The second kappa shape index (κ2) is 11.0. The molecule has 1 saturated carbocycles. The maximum atomic E-state index is 13.5. The fourth-order valence-corrected chi connectivity index (χ4v) is 6.60. The van der Waals surface area contributed by atoms with E-state index in [1.165, 1.54) is 10.7 Å². The molecule has 1 heterocycles. The zero-order valence-electron chi connectivity index (χ0n) is 20.2. The van der Waals surface area contributed by atoms with E-state index >= 15 is 0 Å². The summed E-state index contributed by atoms with van der Waals surface area (Å²) in [6.07, 6.45) is 8.62. The minimum atomic E-state index is -3.86. The molecular formula is C25H38N2O5S. The Morgan fingerprint density at radius 2 is 2.00 bits per heavy atom. The molecular weight excluding hydrogens is 440 g/mol. The molecule has 3 rings (SSSR count). The van der Waals surface area contributed by atoms with Gasteiger partial charge in [0, 0.05) is 31.5 Å². The molecule has 0 saturated heterocycles. The smallest absolute Gasteiger partial charge is 0.247 e. The van der Waals surface area contributed by atoms with Gasteiger partial charge in [-0.1, -0.05) is 44.4 Å². The van der Waals surface area contributed by atoms with E-state index in [9.17, 15) is 18.3 Å². The van der Waals surface area contributed by atoms with Crippen molar-refractivity contribution in [3.63, 3.8) is 0 Å². The number of nitrogens with zero attached hydrogens (tertiary/aromatic N) is 2. The van der Waals surface area contributed by atoms with Crippen LogP contribution < -0.4 is 4.74 Å². The molecule has 0 radical (unpaired) electrons. The van der Waals surface area contributed by atoms with Crippen molar-refractivity contribution in [2.75, 3.05) is 26.7 Å². The lowest BCUT2D eigenvalue weighted by Gasteiger charge is -2.38. The number of hydrogen-bond acceptors (Lipinski definition) is 5. The van der Waals surface area contributed by atoms with E-state index in [0.717, 1.165) is 31.2 Å². The van der Waals surface area contributed by atoms with Crippen molar-refractivity contribution in [3.8, 4) is 5.75 Å². The fraction of sp³-hybridized carbons (Fsp3) is 0.640. The third-order valence-electron chi connectivity index (χ3n) is 6.83. The quantitative estimate of drug-likeness (QED) is 0.676. The molecule has 184 valence electrons. The van der Waals surface area contributed by atoms with Crippen molar-refractivity contribution in [2.24, 2.45) is 11.8 Å². The van der Waals surface area contributed by atoms with E-state index < -0.39 is 16.1 Å². The molecule has 0 unspecified atom stereocenters. The Hall–Kier alpha value is -1.90. The number of amides is 1. The molecule has 3 atom stereocenters. The minimum absolute atomic E-state index is 0.0625. The van der Waals surface area contributed by atoms with E-state index in [1.54, 1.807) is 30.0 Å². The first-order valence-corrected chi connectivity index (χ1v) is 13.4. The third-order valence-corrected chi connectivity index (χ3v) is 8.85. The lowest BCUT2D eigenvalue weighted by atomic mass is 9.88. The number of sulfonamides is 1. The lowest BCUT2D eigenvalue weighted by molar-refractivity contribution is -0.136. The van der Waals surface area contributed by atoms with Gasteiger partial charge in [-0.2, -0.15) is 4.31 Å². The zero-order valence-corrected chi connectivity index (χ0v) is 21.1. The van der Waals surface area contributed by atoms with Gasteiger partial charge in [0.2, 0.25) is 15.9 Å². The maximum absolute atomic E-state index is 13.5. The molecule has 1 fully saturated rings. The Bertz CT molecular complexity index is 956. The van der Waals surface area contributed by atoms with Gasteiger partial charge in [-0.3, -0.25) is 4.79 Å². The van der Waals surface area contributed by atoms with Crippen LogP contribution in [0, 0.1) is 11.8 Å². The molecule has 0 bridgehead atoms. The molecule has 0 aromatic heterocycles. The number of aliphatic hydroxyl groups is 1. The number of likely N-dealkylation sites (N-methyl/N-ethyl adjacent to an activating group) is 1. The first kappa shape index (κ1) is 25.7. The van der Waals surface area contributed by atoms with Gasteiger partial charge in [-0.05, 0) is 44.4 Å². The van der Waals surface area contributed by atoms with Crippen molar-refractivity contribution < 1.29 is 23.1 Å². The van der Waals surface area contributed by atoms with Gasteiger partial charge in [0.25, 0.3) is 0 Å².